The van der Waals surface area contributed by atoms with E-state index in [1.165, 1.54) is 25.7 Å². The van der Waals surface area contributed by atoms with Crippen LogP contribution in [0.5, 0.6) is 0 Å². The van der Waals surface area contributed by atoms with Gasteiger partial charge in [-0.3, -0.25) is 4.79 Å². The topological polar surface area (TPSA) is 61.4 Å². The van der Waals surface area contributed by atoms with Crippen LogP contribution in [0.15, 0.2) is 0 Å². The average molecular weight is 226 g/mol. The maximum absolute atomic E-state index is 11.8. The summed E-state index contributed by atoms with van der Waals surface area (Å²) in [6, 6.07) is 0.517. The summed E-state index contributed by atoms with van der Waals surface area (Å²) in [6.45, 7) is 2.04. The fraction of sp³-hybridized carbons (Fsp3) is 0.917. The van der Waals surface area contributed by atoms with Gasteiger partial charge in [-0.1, -0.05) is 12.8 Å². The number of nitrogens with one attached hydrogen (secondary N) is 2. The van der Waals surface area contributed by atoms with Crippen LogP contribution in [0.25, 0.3) is 0 Å². The van der Waals surface area contributed by atoms with E-state index in [2.05, 4.69) is 10.6 Å². The van der Waals surface area contributed by atoms with Gasteiger partial charge >= 0.3 is 0 Å². The van der Waals surface area contributed by atoms with Gasteiger partial charge < -0.3 is 15.7 Å². The quantitative estimate of drug-likeness (QED) is 0.653. The molecule has 16 heavy (non-hydrogen) atoms. The minimum Gasteiger partial charge on any atom is -0.392 e. The van der Waals surface area contributed by atoms with Gasteiger partial charge in [0, 0.05) is 12.6 Å². The molecule has 1 heterocycles. The molecule has 1 saturated heterocycles. The van der Waals surface area contributed by atoms with Crippen molar-refractivity contribution < 1.29 is 9.90 Å². The maximum Gasteiger partial charge on any atom is 0.237 e. The first-order valence-corrected chi connectivity index (χ1v) is 6.38. The highest BCUT2D eigenvalue weighted by Crippen LogP contribution is 2.33. The van der Waals surface area contributed by atoms with Gasteiger partial charge in [-0.25, -0.2) is 0 Å². The van der Waals surface area contributed by atoms with Crippen LogP contribution in [0.1, 0.15) is 39.0 Å². The summed E-state index contributed by atoms with van der Waals surface area (Å²) in [5.41, 5.74) is 0. The molecule has 1 aliphatic heterocycles. The van der Waals surface area contributed by atoms with E-state index in [0.29, 0.717) is 18.5 Å². The summed E-state index contributed by atoms with van der Waals surface area (Å²) in [5, 5.41) is 15.3. The Bertz CT molecular complexity index is 241. The molecule has 0 bridgehead atoms. The maximum atomic E-state index is 11.8. The Morgan fingerprint density at radius 3 is 2.94 bits per heavy atom. The molecule has 2 rings (SSSR count). The van der Waals surface area contributed by atoms with Gasteiger partial charge in [0.15, 0.2) is 0 Å². The van der Waals surface area contributed by atoms with Gasteiger partial charge in [0.1, 0.15) is 0 Å². The van der Waals surface area contributed by atoms with Crippen molar-refractivity contribution in [3.8, 4) is 0 Å². The van der Waals surface area contributed by atoms with Crippen LogP contribution in [0.2, 0.25) is 0 Å². The van der Waals surface area contributed by atoms with Crippen LogP contribution in [0.4, 0.5) is 0 Å². The highest BCUT2D eigenvalue weighted by molar-refractivity contribution is 5.82. The Morgan fingerprint density at radius 2 is 2.25 bits per heavy atom. The molecule has 4 nitrogen and oxygen atoms in total. The highest BCUT2D eigenvalue weighted by atomic mass is 16.3. The lowest BCUT2D eigenvalue weighted by Gasteiger charge is -2.24. The molecule has 0 aromatic carbocycles. The number of fused-ring (bicyclic) bond motifs is 1. The molecule has 1 saturated carbocycles. The molecule has 0 spiro atoms. The molecule has 0 aromatic rings. The normalized spacial score (nSPS) is 35.5. The van der Waals surface area contributed by atoms with Gasteiger partial charge in [-0.2, -0.15) is 0 Å². The first-order chi connectivity index (χ1) is 7.66. The third-order valence-corrected chi connectivity index (χ3v) is 3.75. The van der Waals surface area contributed by atoms with E-state index in [-0.39, 0.29) is 11.9 Å². The predicted molar refractivity (Wildman–Crippen MR) is 62.0 cm³/mol. The molecule has 2 aliphatic rings. The molecular weight excluding hydrogens is 204 g/mol. The van der Waals surface area contributed by atoms with E-state index in [0.717, 1.165) is 6.42 Å². The first-order valence-electron chi connectivity index (χ1n) is 6.38. The van der Waals surface area contributed by atoms with Crippen molar-refractivity contribution in [2.45, 2.75) is 57.2 Å². The lowest BCUT2D eigenvalue weighted by atomic mass is 9.85. The minimum atomic E-state index is -0.465. The lowest BCUT2D eigenvalue weighted by Crippen LogP contribution is -2.44. The number of carbonyl (C=O) groups excluding carboxylic acids is 1. The lowest BCUT2D eigenvalue weighted by molar-refractivity contribution is -0.123. The minimum absolute atomic E-state index is 0.0353. The second-order valence-corrected chi connectivity index (χ2v) is 5.20. The predicted octanol–water partition coefficient (Wildman–Crippen LogP) is 0.404. The van der Waals surface area contributed by atoms with Crippen molar-refractivity contribution in [1.29, 1.82) is 0 Å². The van der Waals surface area contributed by atoms with Gasteiger partial charge in [0.2, 0.25) is 5.91 Å². The van der Waals surface area contributed by atoms with E-state index >= 15 is 0 Å². The van der Waals surface area contributed by atoms with Crippen molar-refractivity contribution in [2.24, 2.45) is 5.92 Å². The molecule has 1 aliphatic carbocycles. The molecule has 4 heteroatoms. The fourth-order valence-corrected chi connectivity index (χ4v) is 2.89. The van der Waals surface area contributed by atoms with Crippen molar-refractivity contribution in [2.75, 3.05) is 6.54 Å². The third-order valence-electron chi connectivity index (χ3n) is 3.75. The van der Waals surface area contributed by atoms with Crippen molar-refractivity contribution in [3.63, 3.8) is 0 Å². The van der Waals surface area contributed by atoms with Gasteiger partial charge in [-0.05, 0) is 32.1 Å². The van der Waals surface area contributed by atoms with Crippen LogP contribution in [-0.4, -0.2) is 35.7 Å². The molecule has 2 fully saturated rings. The molecule has 0 aromatic heterocycles. The average Bonchev–Trinajstić information content (AvgIpc) is 2.69. The van der Waals surface area contributed by atoms with Crippen molar-refractivity contribution >= 4 is 5.91 Å². The number of rotatable bonds is 3. The smallest absolute Gasteiger partial charge is 0.237 e. The number of aliphatic hydroxyl groups is 1. The highest BCUT2D eigenvalue weighted by Gasteiger charge is 2.37. The van der Waals surface area contributed by atoms with Gasteiger partial charge in [0.05, 0.1) is 12.1 Å². The zero-order valence-electron chi connectivity index (χ0n) is 9.91. The fourth-order valence-electron chi connectivity index (χ4n) is 2.89. The second-order valence-electron chi connectivity index (χ2n) is 5.20. The van der Waals surface area contributed by atoms with Gasteiger partial charge in [-0.15, -0.1) is 0 Å². The Balaban J connectivity index is 1.80. The van der Waals surface area contributed by atoms with Crippen LogP contribution in [0, 0.1) is 5.92 Å². The number of aliphatic hydroxyl groups excluding tert-OH is 1. The number of hydrogen-bond donors (Lipinski definition) is 3. The van der Waals surface area contributed by atoms with Crippen LogP contribution < -0.4 is 10.6 Å². The third kappa shape index (κ3) is 2.74. The number of hydrogen-bond acceptors (Lipinski definition) is 3. The summed E-state index contributed by atoms with van der Waals surface area (Å²) < 4.78 is 0. The van der Waals surface area contributed by atoms with Crippen LogP contribution >= 0.6 is 0 Å². The summed E-state index contributed by atoms with van der Waals surface area (Å²) in [5.74, 6) is 0.742. The van der Waals surface area contributed by atoms with Crippen molar-refractivity contribution in [3.05, 3.63) is 0 Å². The van der Waals surface area contributed by atoms with E-state index in [1.54, 1.807) is 6.92 Å². The molecule has 4 unspecified atom stereocenters. The van der Waals surface area contributed by atoms with Crippen LogP contribution in [-0.2, 0) is 4.79 Å². The summed E-state index contributed by atoms with van der Waals surface area (Å²) >= 11 is 0. The van der Waals surface area contributed by atoms with Gasteiger partial charge in [0.25, 0.3) is 0 Å². The number of carbonyl (C=O) groups is 1. The summed E-state index contributed by atoms with van der Waals surface area (Å²) in [4.78, 5) is 11.8. The molecule has 92 valence electrons. The van der Waals surface area contributed by atoms with E-state index in [9.17, 15) is 4.79 Å². The molecule has 4 atom stereocenters. The Kier molecular flexibility index (Phi) is 3.82. The molecule has 3 N–H and O–H groups in total. The second kappa shape index (κ2) is 5.15. The summed E-state index contributed by atoms with van der Waals surface area (Å²) in [7, 11) is 0. The Hall–Kier alpha value is -0.610. The Morgan fingerprint density at radius 1 is 1.50 bits per heavy atom. The number of amides is 1. The largest absolute Gasteiger partial charge is 0.392 e. The SMILES string of the molecule is CC(O)CNC(=O)C1CC2CCCCC2N1. The van der Waals surface area contributed by atoms with Crippen molar-refractivity contribution in [1.82, 2.24) is 10.6 Å². The monoisotopic (exact) mass is 226 g/mol. The summed E-state index contributed by atoms with van der Waals surface area (Å²) in [6.07, 6.45) is 5.58. The van der Waals surface area contributed by atoms with E-state index in [1.807, 2.05) is 0 Å². The van der Waals surface area contributed by atoms with Crippen LogP contribution in [0.3, 0.4) is 0 Å². The molecule has 1 amide bonds. The standard InChI is InChI=1S/C12H22N2O2/c1-8(15)7-13-12(16)11-6-9-4-2-3-5-10(9)14-11/h8-11,14-15H,2-7H2,1H3,(H,13,16). The molecular formula is C12H22N2O2. The zero-order valence-corrected chi connectivity index (χ0v) is 9.91. The Labute approximate surface area is 96.8 Å². The molecule has 0 radical (unpaired) electrons. The van der Waals surface area contributed by atoms with E-state index in [4.69, 9.17) is 5.11 Å². The van der Waals surface area contributed by atoms with E-state index < -0.39 is 6.10 Å². The zero-order chi connectivity index (χ0) is 11.5. The first kappa shape index (κ1) is 11.9.